The Morgan fingerprint density at radius 1 is 1.47 bits per heavy atom. The Balaban J connectivity index is 1.49. The second-order valence-corrected chi connectivity index (χ2v) is 4.68. The summed E-state index contributed by atoms with van der Waals surface area (Å²) in [5.41, 5.74) is 1.17. The number of carbonyl (C=O) groups is 1. The molecule has 19 heavy (non-hydrogen) atoms. The van der Waals surface area contributed by atoms with E-state index in [9.17, 15) is 4.79 Å². The normalized spacial score (nSPS) is 18.4. The number of hydrogen-bond donors (Lipinski definition) is 2. The Morgan fingerprint density at radius 3 is 3.16 bits per heavy atom. The number of nitrogens with zero attached hydrogens (tertiary/aromatic N) is 1. The van der Waals surface area contributed by atoms with Gasteiger partial charge in [-0.2, -0.15) is 0 Å². The number of hydrogen-bond acceptors (Lipinski definition) is 4. The summed E-state index contributed by atoms with van der Waals surface area (Å²) in [5, 5.41) is 6.23. The Morgan fingerprint density at radius 2 is 2.42 bits per heavy atom. The van der Waals surface area contributed by atoms with Crippen LogP contribution in [0.3, 0.4) is 0 Å². The number of nitrogens with one attached hydrogen (secondary N) is 2. The molecule has 0 aliphatic carbocycles. The van der Waals surface area contributed by atoms with Gasteiger partial charge in [0.1, 0.15) is 6.10 Å². The minimum Gasteiger partial charge on any atom is -0.368 e. The standard InChI is InChI=1S/C14H21N3O2/c18-14(13-5-2-9-19-13)17-8-3-7-16-11-12-4-1-6-15-10-12/h1,4,6,10,13,16H,2-3,5,7-9,11H2,(H,17,18)/t13-/m1/s1. The van der Waals surface area contributed by atoms with E-state index < -0.39 is 0 Å². The molecule has 1 aromatic rings. The van der Waals surface area contributed by atoms with Gasteiger partial charge < -0.3 is 15.4 Å². The molecule has 1 saturated heterocycles. The summed E-state index contributed by atoms with van der Waals surface area (Å²) in [5.74, 6) is 0.0322. The van der Waals surface area contributed by atoms with Crippen LogP contribution in [0.4, 0.5) is 0 Å². The van der Waals surface area contributed by atoms with Crippen molar-refractivity contribution in [3.63, 3.8) is 0 Å². The highest BCUT2D eigenvalue weighted by atomic mass is 16.5. The van der Waals surface area contributed by atoms with E-state index in [2.05, 4.69) is 15.6 Å². The molecule has 2 rings (SSSR count). The van der Waals surface area contributed by atoms with E-state index in [-0.39, 0.29) is 12.0 Å². The van der Waals surface area contributed by atoms with Gasteiger partial charge in [-0.05, 0) is 37.4 Å². The Kier molecular flexibility index (Phi) is 5.78. The van der Waals surface area contributed by atoms with Crippen LogP contribution in [-0.2, 0) is 16.1 Å². The second-order valence-electron chi connectivity index (χ2n) is 4.68. The number of rotatable bonds is 7. The number of carbonyl (C=O) groups excluding carboxylic acids is 1. The van der Waals surface area contributed by atoms with Crippen LogP contribution >= 0.6 is 0 Å². The third-order valence-corrected chi connectivity index (χ3v) is 3.10. The van der Waals surface area contributed by atoms with Crippen molar-refractivity contribution in [2.75, 3.05) is 19.7 Å². The lowest BCUT2D eigenvalue weighted by Gasteiger charge is -2.10. The second kappa shape index (κ2) is 7.86. The zero-order valence-corrected chi connectivity index (χ0v) is 11.1. The first-order valence-corrected chi connectivity index (χ1v) is 6.85. The summed E-state index contributed by atoms with van der Waals surface area (Å²) in [7, 11) is 0. The first-order chi connectivity index (χ1) is 9.36. The molecule has 0 unspecified atom stereocenters. The fourth-order valence-electron chi connectivity index (χ4n) is 2.06. The van der Waals surface area contributed by atoms with Crippen LogP contribution in [0.1, 0.15) is 24.8 Å². The largest absolute Gasteiger partial charge is 0.368 e. The van der Waals surface area contributed by atoms with Crippen LogP contribution < -0.4 is 10.6 Å². The molecule has 0 spiro atoms. The molecule has 1 fully saturated rings. The van der Waals surface area contributed by atoms with Crippen molar-refractivity contribution >= 4 is 5.91 Å². The van der Waals surface area contributed by atoms with Crippen LogP contribution in [0.25, 0.3) is 0 Å². The highest BCUT2D eigenvalue weighted by molar-refractivity contribution is 5.80. The number of pyridine rings is 1. The molecule has 0 aromatic carbocycles. The number of amides is 1. The van der Waals surface area contributed by atoms with Crippen molar-refractivity contribution in [3.8, 4) is 0 Å². The fraction of sp³-hybridized carbons (Fsp3) is 0.571. The molecule has 2 heterocycles. The molecule has 5 heteroatoms. The smallest absolute Gasteiger partial charge is 0.249 e. The minimum absolute atomic E-state index is 0.0322. The molecule has 0 bridgehead atoms. The Labute approximate surface area is 113 Å². The zero-order valence-electron chi connectivity index (χ0n) is 11.1. The molecule has 1 aliphatic rings. The van der Waals surface area contributed by atoms with E-state index in [4.69, 9.17) is 4.74 Å². The predicted octanol–water partition coefficient (Wildman–Crippen LogP) is 0.856. The van der Waals surface area contributed by atoms with Crippen molar-refractivity contribution in [2.45, 2.75) is 31.9 Å². The maximum Gasteiger partial charge on any atom is 0.249 e. The molecule has 2 N–H and O–H groups in total. The fourth-order valence-corrected chi connectivity index (χ4v) is 2.06. The van der Waals surface area contributed by atoms with Crippen molar-refractivity contribution in [2.24, 2.45) is 0 Å². The summed E-state index contributed by atoms with van der Waals surface area (Å²) >= 11 is 0. The van der Waals surface area contributed by atoms with Gasteiger partial charge >= 0.3 is 0 Å². The molecular formula is C14H21N3O2. The molecular weight excluding hydrogens is 242 g/mol. The molecule has 5 nitrogen and oxygen atoms in total. The molecule has 104 valence electrons. The van der Waals surface area contributed by atoms with Gasteiger partial charge in [-0.3, -0.25) is 9.78 Å². The van der Waals surface area contributed by atoms with Crippen LogP contribution in [0.15, 0.2) is 24.5 Å². The van der Waals surface area contributed by atoms with E-state index in [1.807, 2.05) is 18.3 Å². The quantitative estimate of drug-likeness (QED) is 0.716. The lowest BCUT2D eigenvalue weighted by Crippen LogP contribution is -2.35. The highest BCUT2D eigenvalue weighted by Crippen LogP contribution is 2.11. The average molecular weight is 263 g/mol. The van der Waals surface area contributed by atoms with E-state index in [1.54, 1.807) is 6.20 Å². The molecule has 1 aromatic heterocycles. The maximum absolute atomic E-state index is 11.6. The Bertz CT molecular complexity index is 378. The monoisotopic (exact) mass is 263 g/mol. The molecule has 1 aliphatic heterocycles. The van der Waals surface area contributed by atoms with E-state index in [0.717, 1.165) is 32.4 Å². The van der Waals surface area contributed by atoms with Gasteiger partial charge in [0.25, 0.3) is 0 Å². The van der Waals surface area contributed by atoms with E-state index in [1.165, 1.54) is 5.56 Å². The van der Waals surface area contributed by atoms with Crippen molar-refractivity contribution in [1.29, 1.82) is 0 Å². The zero-order chi connectivity index (χ0) is 13.3. The lowest BCUT2D eigenvalue weighted by atomic mass is 10.2. The average Bonchev–Trinajstić information content (AvgIpc) is 2.98. The highest BCUT2D eigenvalue weighted by Gasteiger charge is 2.22. The van der Waals surface area contributed by atoms with Crippen LogP contribution in [0, 0.1) is 0 Å². The third kappa shape index (κ3) is 4.96. The van der Waals surface area contributed by atoms with Gasteiger partial charge in [-0.1, -0.05) is 6.07 Å². The first-order valence-electron chi connectivity index (χ1n) is 6.85. The maximum atomic E-state index is 11.6. The third-order valence-electron chi connectivity index (χ3n) is 3.10. The van der Waals surface area contributed by atoms with E-state index in [0.29, 0.717) is 13.2 Å². The number of ether oxygens (including phenoxy) is 1. The lowest BCUT2D eigenvalue weighted by molar-refractivity contribution is -0.130. The molecule has 0 saturated carbocycles. The summed E-state index contributed by atoms with van der Waals surface area (Å²) < 4.78 is 5.32. The minimum atomic E-state index is -0.219. The van der Waals surface area contributed by atoms with Crippen LogP contribution in [0.5, 0.6) is 0 Å². The summed E-state index contributed by atoms with van der Waals surface area (Å²) in [6.45, 7) is 3.09. The first kappa shape index (κ1) is 14.0. The van der Waals surface area contributed by atoms with Gasteiger partial charge in [0.15, 0.2) is 0 Å². The van der Waals surface area contributed by atoms with Crippen molar-refractivity contribution in [3.05, 3.63) is 30.1 Å². The SMILES string of the molecule is O=C(NCCCNCc1cccnc1)[C@H]1CCCO1. The van der Waals surface area contributed by atoms with Gasteiger partial charge in [-0.25, -0.2) is 0 Å². The summed E-state index contributed by atoms with van der Waals surface area (Å²) in [6, 6.07) is 3.97. The van der Waals surface area contributed by atoms with Gasteiger partial charge in [0.2, 0.25) is 5.91 Å². The molecule has 1 amide bonds. The molecule has 1 atom stereocenters. The molecule has 0 radical (unpaired) electrons. The van der Waals surface area contributed by atoms with Crippen LogP contribution in [0.2, 0.25) is 0 Å². The van der Waals surface area contributed by atoms with Gasteiger partial charge in [0.05, 0.1) is 0 Å². The van der Waals surface area contributed by atoms with Crippen molar-refractivity contribution in [1.82, 2.24) is 15.6 Å². The summed E-state index contributed by atoms with van der Waals surface area (Å²) in [6.07, 6.45) is 6.16. The van der Waals surface area contributed by atoms with E-state index >= 15 is 0 Å². The topological polar surface area (TPSA) is 63.2 Å². The van der Waals surface area contributed by atoms with Crippen LogP contribution in [-0.4, -0.2) is 36.7 Å². The van der Waals surface area contributed by atoms with Crippen molar-refractivity contribution < 1.29 is 9.53 Å². The van der Waals surface area contributed by atoms with Gasteiger partial charge in [0, 0.05) is 32.1 Å². The van der Waals surface area contributed by atoms with Gasteiger partial charge in [-0.15, -0.1) is 0 Å². The Hall–Kier alpha value is -1.46. The predicted molar refractivity (Wildman–Crippen MR) is 72.5 cm³/mol. The number of aromatic nitrogens is 1. The summed E-state index contributed by atoms with van der Waals surface area (Å²) in [4.78, 5) is 15.7.